The van der Waals surface area contributed by atoms with E-state index in [1.165, 1.54) is 24.9 Å². The van der Waals surface area contributed by atoms with Crippen LogP contribution < -0.4 is 5.32 Å². The Hall–Kier alpha value is -1.67. The van der Waals surface area contributed by atoms with Gasteiger partial charge >= 0.3 is 0 Å². The fourth-order valence-electron chi connectivity index (χ4n) is 2.94. The molecule has 1 amide bonds. The van der Waals surface area contributed by atoms with Gasteiger partial charge in [-0.25, -0.2) is 0 Å². The second-order valence-corrected chi connectivity index (χ2v) is 7.69. The van der Waals surface area contributed by atoms with Crippen LogP contribution in [0.5, 0.6) is 0 Å². The Bertz CT molecular complexity index is 615. The highest BCUT2D eigenvalue weighted by molar-refractivity contribution is 8.04. The Labute approximate surface area is 152 Å². The molecule has 2 bridgehead atoms. The Morgan fingerprint density at radius 3 is 2.72 bits per heavy atom. The molecule has 0 aromatic carbocycles. The minimum absolute atomic E-state index is 0.0463. The van der Waals surface area contributed by atoms with Crippen LogP contribution in [0.1, 0.15) is 19.8 Å². The molecule has 8 heteroatoms. The van der Waals surface area contributed by atoms with E-state index < -0.39 is 23.8 Å². The zero-order chi connectivity index (χ0) is 18.6. The number of nitrogens with one attached hydrogen (secondary N) is 1. The molecule has 1 aliphatic carbocycles. The molecule has 0 radical (unpaired) electrons. The standard InChI is InChI=1S/C17H25N3O4S/c1-10-13-14(17(23)18-2)19-24-16(10)11(21)9-12(15(13)22)25-8-6-5-7-20(3)4/h9-10,13,16H,5-8H2,1-4H3,(H,18,23). The number of thioether (sulfide) groups is 1. The summed E-state index contributed by atoms with van der Waals surface area (Å²) in [5.74, 6) is -1.35. The van der Waals surface area contributed by atoms with Gasteiger partial charge in [0.1, 0.15) is 0 Å². The third kappa shape index (κ3) is 4.49. The van der Waals surface area contributed by atoms with Crippen molar-refractivity contribution in [2.75, 3.05) is 33.4 Å². The summed E-state index contributed by atoms with van der Waals surface area (Å²) in [6.07, 6.45) is 2.52. The molecule has 3 atom stereocenters. The van der Waals surface area contributed by atoms with Crippen molar-refractivity contribution in [2.24, 2.45) is 17.0 Å². The number of carbonyl (C=O) groups is 3. The van der Waals surface area contributed by atoms with Gasteiger partial charge in [0.2, 0.25) is 0 Å². The maximum atomic E-state index is 12.9. The van der Waals surface area contributed by atoms with Gasteiger partial charge in [-0.05, 0) is 39.2 Å². The highest BCUT2D eigenvalue weighted by Gasteiger charge is 2.47. The Morgan fingerprint density at radius 1 is 1.36 bits per heavy atom. The van der Waals surface area contributed by atoms with Crippen molar-refractivity contribution in [2.45, 2.75) is 25.9 Å². The number of carbonyl (C=O) groups excluding carboxylic acids is 3. The third-order valence-electron chi connectivity index (χ3n) is 4.36. The first kappa shape index (κ1) is 19.7. The van der Waals surface area contributed by atoms with Crippen LogP contribution in [-0.4, -0.2) is 67.6 Å². The van der Waals surface area contributed by atoms with E-state index in [9.17, 15) is 14.4 Å². The molecule has 138 valence electrons. The number of oxime groups is 1. The molecule has 2 rings (SSSR count). The van der Waals surface area contributed by atoms with Gasteiger partial charge in [-0.3, -0.25) is 14.4 Å². The average Bonchev–Trinajstić information content (AvgIpc) is 2.62. The van der Waals surface area contributed by atoms with Crippen molar-refractivity contribution in [1.29, 1.82) is 0 Å². The van der Waals surface area contributed by atoms with Crippen LogP contribution in [0.15, 0.2) is 16.1 Å². The summed E-state index contributed by atoms with van der Waals surface area (Å²) in [6.45, 7) is 2.73. The number of fused-ring (bicyclic) bond motifs is 2. The summed E-state index contributed by atoms with van der Waals surface area (Å²) in [7, 11) is 5.51. The molecule has 1 heterocycles. The number of hydrogen-bond acceptors (Lipinski definition) is 7. The quantitative estimate of drug-likeness (QED) is 0.671. The normalized spacial score (nSPS) is 25.9. The Morgan fingerprint density at radius 2 is 2.08 bits per heavy atom. The number of rotatable bonds is 7. The predicted octanol–water partition coefficient (Wildman–Crippen LogP) is 0.850. The molecule has 0 spiro atoms. The van der Waals surface area contributed by atoms with Gasteiger partial charge in [-0.1, -0.05) is 12.1 Å². The highest BCUT2D eigenvalue weighted by atomic mass is 32.2. The van der Waals surface area contributed by atoms with E-state index in [-0.39, 0.29) is 17.3 Å². The van der Waals surface area contributed by atoms with Crippen molar-refractivity contribution in [3.8, 4) is 0 Å². The number of hydrogen-bond donors (Lipinski definition) is 1. The molecule has 0 aromatic heterocycles. The highest BCUT2D eigenvalue weighted by Crippen LogP contribution is 2.35. The van der Waals surface area contributed by atoms with E-state index in [1.807, 2.05) is 14.1 Å². The zero-order valence-electron chi connectivity index (χ0n) is 15.1. The monoisotopic (exact) mass is 367 g/mol. The molecule has 0 fully saturated rings. The van der Waals surface area contributed by atoms with Crippen LogP contribution in [0.25, 0.3) is 0 Å². The molecule has 2 aliphatic rings. The smallest absolute Gasteiger partial charge is 0.269 e. The molecule has 0 aromatic rings. The fourth-order valence-corrected chi connectivity index (χ4v) is 3.97. The van der Waals surface area contributed by atoms with Gasteiger partial charge < -0.3 is 15.1 Å². The van der Waals surface area contributed by atoms with Gasteiger partial charge in [0.15, 0.2) is 23.4 Å². The van der Waals surface area contributed by atoms with E-state index in [0.29, 0.717) is 4.91 Å². The molecular formula is C17H25N3O4S. The summed E-state index contributed by atoms with van der Waals surface area (Å²) in [6, 6.07) is 0. The van der Waals surface area contributed by atoms with Crippen molar-refractivity contribution in [1.82, 2.24) is 10.2 Å². The van der Waals surface area contributed by atoms with E-state index in [2.05, 4.69) is 15.4 Å². The van der Waals surface area contributed by atoms with Crippen LogP contribution >= 0.6 is 11.8 Å². The van der Waals surface area contributed by atoms with Crippen LogP contribution in [0.3, 0.4) is 0 Å². The average molecular weight is 367 g/mol. The van der Waals surface area contributed by atoms with Crippen LogP contribution in [0, 0.1) is 11.8 Å². The van der Waals surface area contributed by atoms with E-state index in [0.717, 1.165) is 25.1 Å². The topological polar surface area (TPSA) is 88.1 Å². The van der Waals surface area contributed by atoms with Gasteiger partial charge in [-0.2, -0.15) is 0 Å². The summed E-state index contributed by atoms with van der Waals surface area (Å²) >= 11 is 1.38. The largest absolute Gasteiger partial charge is 0.383 e. The van der Waals surface area contributed by atoms with Crippen molar-refractivity contribution in [3.63, 3.8) is 0 Å². The van der Waals surface area contributed by atoms with E-state index >= 15 is 0 Å². The molecular weight excluding hydrogens is 342 g/mol. The molecule has 25 heavy (non-hydrogen) atoms. The number of Topliss-reactive ketones (excluding diaryl/α,β-unsaturated/α-hetero) is 1. The Kier molecular flexibility index (Phi) is 6.78. The second-order valence-electron chi connectivity index (χ2n) is 6.55. The second kappa shape index (κ2) is 8.62. The van der Waals surface area contributed by atoms with Crippen molar-refractivity contribution < 1.29 is 19.2 Å². The van der Waals surface area contributed by atoms with E-state index in [1.54, 1.807) is 6.92 Å². The summed E-state index contributed by atoms with van der Waals surface area (Å²) in [4.78, 5) is 45.1. The van der Waals surface area contributed by atoms with Crippen molar-refractivity contribution >= 4 is 34.9 Å². The minimum atomic E-state index is -0.811. The number of amides is 1. The fraction of sp³-hybridized carbons (Fsp3) is 0.647. The van der Waals surface area contributed by atoms with Crippen molar-refractivity contribution in [3.05, 3.63) is 11.0 Å². The van der Waals surface area contributed by atoms with Gasteiger partial charge in [0.05, 0.1) is 10.8 Å². The van der Waals surface area contributed by atoms with Gasteiger partial charge in [-0.15, -0.1) is 11.8 Å². The number of nitrogens with zero attached hydrogens (tertiary/aromatic N) is 2. The predicted molar refractivity (Wildman–Crippen MR) is 97.4 cm³/mol. The number of allylic oxidation sites excluding steroid dienone is 1. The minimum Gasteiger partial charge on any atom is -0.383 e. The lowest BCUT2D eigenvalue weighted by atomic mass is 9.82. The first-order valence-electron chi connectivity index (χ1n) is 8.40. The number of unbranched alkanes of at least 4 members (excludes halogenated alkanes) is 1. The molecule has 0 saturated carbocycles. The summed E-state index contributed by atoms with van der Waals surface area (Å²) in [5.41, 5.74) is 0.0463. The first-order chi connectivity index (χ1) is 11.9. The molecule has 1 aliphatic heterocycles. The van der Waals surface area contributed by atoms with Crippen LogP contribution in [-0.2, 0) is 19.2 Å². The lowest BCUT2D eigenvalue weighted by molar-refractivity contribution is -0.133. The van der Waals surface area contributed by atoms with Gasteiger partial charge in [0.25, 0.3) is 5.91 Å². The zero-order valence-corrected chi connectivity index (χ0v) is 15.9. The maximum Gasteiger partial charge on any atom is 0.269 e. The molecule has 1 N–H and O–H groups in total. The maximum absolute atomic E-state index is 12.9. The van der Waals surface area contributed by atoms with E-state index in [4.69, 9.17) is 4.84 Å². The SMILES string of the molecule is CNC(=O)C1=NOC2C(=O)C=C(SCCCCN(C)C)C(=O)C1C2C. The summed E-state index contributed by atoms with van der Waals surface area (Å²) in [5, 5.41) is 6.25. The van der Waals surface area contributed by atoms with Crippen LogP contribution in [0.4, 0.5) is 0 Å². The molecule has 7 nitrogen and oxygen atoms in total. The Balaban J connectivity index is 2.13. The van der Waals surface area contributed by atoms with Gasteiger partial charge in [0, 0.05) is 19.0 Å². The summed E-state index contributed by atoms with van der Waals surface area (Å²) < 4.78 is 0. The lowest BCUT2D eigenvalue weighted by Crippen LogP contribution is -2.47. The van der Waals surface area contributed by atoms with Crippen LogP contribution in [0.2, 0.25) is 0 Å². The first-order valence-corrected chi connectivity index (χ1v) is 9.38. The molecule has 3 unspecified atom stereocenters. The molecule has 0 saturated heterocycles. The lowest BCUT2D eigenvalue weighted by Gasteiger charge is -2.30. The third-order valence-corrected chi connectivity index (χ3v) is 5.48. The number of ketones is 2.